The topological polar surface area (TPSA) is 3.24 Å². The summed E-state index contributed by atoms with van der Waals surface area (Å²) in [6, 6.07) is 22.1. The van der Waals surface area contributed by atoms with Gasteiger partial charge in [-0.2, -0.15) is 0 Å². The Morgan fingerprint density at radius 1 is 0.240 bits per heavy atom. The third-order valence-corrected chi connectivity index (χ3v) is 27.0. The Morgan fingerprint density at radius 3 is 0.720 bits per heavy atom. The van der Waals surface area contributed by atoms with Gasteiger partial charge >= 0.3 is 0 Å². The number of nitrogens with zero attached hydrogens (tertiary/aromatic N) is 1. The van der Waals surface area contributed by atoms with Crippen LogP contribution < -0.4 is 4.90 Å². The Morgan fingerprint density at radius 2 is 0.453 bits per heavy atom. The quantitative estimate of drug-likeness (QED) is 0.148. The second-order valence-corrected chi connectivity index (χ2v) is 27.2. The standard InChI is InChI=1S/C74H13N/c1-75-13-10-6-5-9-12(13)68(11-7-3-2-4-8-11)73-69-60-52-42-32-24-16-14-15-18-22-20(16)28-36-30(22)40-34-26(18)27-19(15)23-21-17(14)25(24)33-39-29(21)37-31(23)41-35(27)45-44(34)56-50(40)58-48(36)54(46(52)38(28)32)62(69)64(58)71-66(56)67-57(45)51(41)59-49(37)55-47(39)53(43(33)42)61(60)70(73)63(55)65(59)72(67)74(71,73)75/h2-10,68H,1H3. The van der Waals surface area contributed by atoms with Crippen LogP contribution in [0.1, 0.15) is 39.3 Å². The summed E-state index contributed by atoms with van der Waals surface area (Å²) in [5.74, 6) is 0.0850. The molecule has 5 aliphatic rings. The Hall–Kier alpha value is -9.30. The lowest BCUT2D eigenvalue weighted by Crippen LogP contribution is -2.66. The van der Waals surface area contributed by atoms with E-state index in [1.807, 2.05) is 0 Å². The summed E-state index contributed by atoms with van der Waals surface area (Å²) in [6.45, 7) is 0. The van der Waals surface area contributed by atoms with Gasteiger partial charge in [0.15, 0.2) is 0 Å². The van der Waals surface area contributed by atoms with Gasteiger partial charge in [0.1, 0.15) is 5.54 Å². The van der Waals surface area contributed by atoms with Crippen molar-refractivity contribution in [3.63, 3.8) is 0 Å². The Labute approximate surface area is 411 Å². The fraction of sp³-hybridized carbons (Fsp3) is 0.0541. The zero-order valence-electron chi connectivity index (χ0n) is 38.7. The third-order valence-electron chi connectivity index (χ3n) is 27.0. The molecule has 0 bridgehead atoms. The highest BCUT2D eigenvalue weighted by Crippen LogP contribution is 2.87. The van der Waals surface area contributed by atoms with Gasteiger partial charge in [-0.3, -0.25) is 0 Å². The maximum atomic E-state index is 3.01. The molecule has 30 aromatic carbocycles. The van der Waals surface area contributed by atoms with Crippen LogP contribution in [0.2, 0.25) is 0 Å². The van der Waals surface area contributed by atoms with E-state index >= 15 is 0 Å². The van der Waals surface area contributed by atoms with Crippen molar-refractivity contribution in [1.29, 1.82) is 0 Å². The SMILES string of the molecule is CN1c2ccccc2C(c2ccccc2)C23c4c5c6c7c8c9c(c%10c%11c2c2c4c4c%12c5c5c6c6c8c8c%13c9c9c%10c%10c%11c%11c2c2c4c4c%12c%12c5c5c6c8c6c8c%13c9c9c%10c%10c%11c2c2c4c4c%12c5c6c5c8c9c%10c2c45)C713. The van der Waals surface area contributed by atoms with E-state index in [2.05, 4.69) is 66.5 Å². The molecule has 0 amide bonds. The second-order valence-electron chi connectivity index (χ2n) is 27.2. The van der Waals surface area contributed by atoms with Gasteiger partial charge in [0.05, 0.1) is 5.41 Å². The van der Waals surface area contributed by atoms with Crippen LogP contribution in [0.5, 0.6) is 0 Å². The lowest BCUT2D eigenvalue weighted by molar-refractivity contribution is 0.270. The van der Waals surface area contributed by atoms with Crippen LogP contribution >= 0.6 is 0 Å². The highest BCUT2D eigenvalue weighted by molar-refractivity contribution is 6.82. The predicted octanol–water partition coefficient (Wildman–Crippen LogP) is 19.5. The summed E-state index contributed by atoms with van der Waals surface area (Å²) in [6.07, 6.45) is 0. The molecule has 35 rings (SSSR count). The van der Waals surface area contributed by atoms with E-state index < -0.39 is 11.0 Å². The molecule has 0 saturated heterocycles. The summed E-state index contributed by atoms with van der Waals surface area (Å²) < 4.78 is 0. The largest absolute Gasteiger partial charge is 0.359 e. The molecule has 4 aliphatic carbocycles. The van der Waals surface area contributed by atoms with E-state index in [9.17, 15) is 0 Å². The average molecular weight is 916 g/mol. The molecule has 1 unspecified atom stereocenters. The summed E-state index contributed by atoms with van der Waals surface area (Å²) in [5, 5.41) is 89.4. The van der Waals surface area contributed by atoms with Crippen molar-refractivity contribution in [2.45, 2.75) is 16.9 Å². The van der Waals surface area contributed by atoms with Crippen molar-refractivity contribution in [3.8, 4) is 0 Å². The molecule has 314 valence electrons. The van der Waals surface area contributed by atoms with E-state index in [4.69, 9.17) is 0 Å². The summed E-state index contributed by atoms with van der Waals surface area (Å²) in [4.78, 5) is 3.01. The molecule has 75 heavy (non-hydrogen) atoms. The number of fused-ring (bicyclic) bond motifs is 1. The molecule has 0 radical (unpaired) electrons. The van der Waals surface area contributed by atoms with Crippen molar-refractivity contribution >= 4 is 297 Å². The lowest BCUT2D eigenvalue weighted by Gasteiger charge is -2.64. The van der Waals surface area contributed by atoms with E-state index in [1.54, 1.807) is 313 Å². The molecule has 1 aliphatic heterocycles. The molecule has 1 atom stereocenters. The van der Waals surface area contributed by atoms with Gasteiger partial charge < -0.3 is 4.90 Å². The number of anilines is 1. The monoisotopic (exact) mass is 915 g/mol. The Balaban J connectivity index is 1.15. The van der Waals surface area contributed by atoms with Crippen LogP contribution in [-0.4, -0.2) is 7.05 Å². The number of likely N-dealkylation sites (N-methyl/N-ethyl adjacent to an activating group) is 1. The molecule has 1 nitrogen and oxygen atoms in total. The predicted molar refractivity (Wildman–Crippen MR) is 317 cm³/mol. The minimum atomic E-state index is -0.507. The van der Waals surface area contributed by atoms with E-state index in [1.165, 1.54) is 16.8 Å². The molecule has 0 saturated carbocycles. The van der Waals surface area contributed by atoms with Crippen molar-refractivity contribution < 1.29 is 0 Å². The first-order chi connectivity index (χ1) is 37.4. The fourth-order valence-electron chi connectivity index (χ4n) is 26.9. The average Bonchev–Trinajstić information content (AvgIpc) is 3.08. The molecule has 30 aromatic rings. The summed E-state index contributed by atoms with van der Waals surface area (Å²) in [7, 11) is 2.62. The zero-order chi connectivity index (χ0) is 44.7. The van der Waals surface area contributed by atoms with E-state index in [-0.39, 0.29) is 5.92 Å². The highest BCUT2D eigenvalue weighted by atomic mass is 15.2. The lowest BCUT2D eigenvalue weighted by atomic mass is 9.44. The maximum Gasteiger partial charge on any atom is 0.108 e. The van der Waals surface area contributed by atoms with Gasteiger partial charge in [0.25, 0.3) is 0 Å². The molecule has 2 spiro atoms. The van der Waals surface area contributed by atoms with Crippen molar-refractivity contribution in [2.75, 3.05) is 11.9 Å². The number of benzene rings is 20. The molecule has 1 heterocycles. The van der Waals surface area contributed by atoms with Gasteiger partial charge in [-0.05, 0) is 319 Å². The molecular formula is C74H13N. The van der Waals surface area contributed by atoms with Crippen molar-refractivity contribution in [3.05, 3.63) is 88.0 Å². The Kier molecular flexibility index (Phi) is 2.45. The highest BCUT2D eigenvalue weighted by Gasteiger charge is 2.75. The smallest absolute Gasteiger partial charge is 0.108 e. The summed E-state index contributed by atoms with van der Waals surface area (Å²) >= 11 is 0. The first-order valence-electron chi connectivity index (χ1n) is 28.0. The minimum Gasteiger partial charge on any atom is -0.359 e. The summed E-state index contributed by atoms with van der Waals surface area (Å²) in [5.41, 5.74) is 10.3. The molecule has 1 heteroatoms. The second kappa shape index (κ2) is 6.52. The van der Waals surface area contributed by atoms with Crippen molar-refractivity contribution in [1.82, 2.24) is 0 Å². The van der Waals surface area contributed by atoms with Gasteiger partial charge in [0.2, 0.25) is 0 Å². The number of hydrogen-bond donors (Lipinski definition) is 0. The molecule has 0 fully saturated rings. The van der Waals surface area contributed by atoms with Crippen LogP contribution in [-0.2, 0) is 11.0 Å². The molecule has 0 N–H and O–H groups in total. The van der Waals surface area contributed by atoms with Crippen LogP contribution in [0, 0.1) is 0 Å². The van der Waals surface area contributed by atoms with Crippen LogP contribution in [0.4, 0.5) is 5.69 Å². The normalized spacial score (nSPS) is 22.7. The Bertz CT molecular complexity index is 7580. The first kappa shape index (κ1) is 28.2. The first-order valence-corrected chi connectivity index (χ1v) is 28.0. The van der Waals surface area contributed by atoms with E-state index in [0.29, 0.717) is 0 Å². The maximum absolute atomic E-state index is 3.01. The zero-order valence-corrected chi connectivity index (χ0v) is 38.7. The minimum absolute atomic E-state index is 0.0850. The number of rotatable bonds is 1. The van der Waals surface area contributed by atoms with Crippen LogP contribution in [0.15, 0.2) is 54.6 Å². The molecular weight excluding hydrogens is 903 g/mol. The number of para-hydroxylation sites is 1. The van der Waals surface area contributed by atoms with Gasteiger partial charge in [-0.25, -0.2) is 0 Å². The number of hydrogen-bond acceptors (Lipinski definition) is 1. The van der Waals surface area contributed by atoms with Gasteiger partial charge in [-0.1, -0.05) is 48.5 Å². The van der Waals surface area contributed by atoms with Gasteiger partial charge in [0, 0.05) is 29.8 Å². The van der Waals surface area contributed by atoms with E-state index in [0.717, 1.165) is 0 Å². The van der Waals surface area contributed by atoms with Crippen molar-refractivity contribution in [2.24, 2.45) is 0 Å². The van der Waals surface area contributed by atoms with Crippen LogP contribution in [0.25, 0.3) is 291 Å². The van der Waals surface area contributed by atoms with Gasteiger partial charge in [-0.15, -0.1) is 0 Å². The fourth-order valence-corrected chi connectivity index (χ4v) is 26.9. The third kappa shape index (κ3) is 1.54. The van der Waals surface area contributed by atoms with Crippen LogP contribution in [0.3, 0.4) is 0 Å². The molecule has 0 aromatic heterocycles.